The molecule has 0 radical (unpaired) electrons. The molecule has 27 heavy (non-hydrogen) atoms. The fourth-order valence-electron chi connectivity index (χ4n) is 2.40. The summed E-state index contributed by atoms with van der Waals surface area (Å²) in [4.78, 5) is 28.8. The summed E-state index contributed by atoms with van der Waals surface area (Å²) >= 11 is 4.77. The van der Waals surface area contributed by atoms with Gasteiger partial charge in [-0.1, -0.05) is 42.1 Å². The molecule has 138 valence electrons. The molecule has 0 atom stereocenters. The van der Waals surface area contributed by atoms with Crippen molar-refractivity contribution in [2.75, 3.05) is 18.2 Å². The maximum atomic E-state index is 12.5. The van der Waals surface area contributed by atoms with Gasteiger partial charge in [-0.3, -0.25) is 9.36 Å². The van der Waals surface area contributed by atoms with Crippen LogP contribution >= 0.6 is 27.7 Å². The number of para-hydroxylation sites is 2. The van der Waals surface area contributed by atoms with Crippen LogP contribution in [-0.4, -0.2) is 34.3 Å². The van der Waals surface area contributed by atoms with Gasteiger partial charge in [-0.05, 0) is 46.5 Å². The molecule has 8 heteroatoms. The molecular formula is C19H16BrN3O3S. The number of hydrogen-bond donors (Lipinski definition) is 1. The maximum absolute atomic E-state index is 12.5. The maximum Gasteiger partial charge on any atom is 0.357 e. The quantitative estimate of drug-likeness (QED) is 0.455. The second-order valence-corrected chi connectivity index (χ2v) is 7.03. The summed E-state index contributed by atoms with van der Waals surface area (Å²) in [7, 11) is 0. The number of carbonyl (C=O) groups excluding carboxylic acids is 2. The van der Waals surface area contributed by atoms with Crippen LogP contribution in [0, 0.1) is 0 Å². The van der Waals surface area contributed by atoms with E-state index >= 15 is 0 Å². The van der Waals surface area contributed by atoms with Crippen LogP contribution in [0.4, 0.5) is 5.69 Å². The van der Waals surface area contributed by atoms with E-state index in [0.29, 0.717) is 10.8 Å². The largest absolute Gasteiger partial charge is 0.451 e. The van der Waals surface area contributed by atoms with Crippen LogP contribution in [0.2, 0.25) is 0 Å². The number of halogens is 1. The number of benzene rings is 2. The highest BCUT2D eigenvalue weighted by Crippen LogP contribution is 2.23. The molecule has 2 aromatic carbocycles. The zero-order valence-corrected chi connectivity index (χ0v) is 16.8. The lowest BCUT2D eigenvalue weighted by Gasteiger charge is -2.11. The zero-order chi connectivity index (χ0) is 19.2. The zero-order valence-electron chi connectivity index (χ0n) is 14.4. The summed E-state index contributed by atoms with van der Waals surface area (Å²) in [6, 6.07) is 16.6. The molecule has 0 spiro atoms. The first-order valence-corrected chi connectivity index (χ1v) is 10.0. The molecule has 0 bridgehead atoms. The smallest absolute Gasteiger partial charge is 0.357 e. The second kappa shape index (κ2) is 8.88. The molecule has 0 saturated carbocycles. The molecule has 0 saturated heterocycles. The molecule has 0 unspecified atom stereocenters. The number of imidazole rings is 1. The number of hydrogen-bond acceptors (Lipinski definition) is 5. The average Bonchev–Trinajstić information content (AvgIpc) is 3.13. The fourth-order valence-corrected chi connectivity index (χ4v) is 3.33. The Morgan fingerprint density at radius 3 is 2.56 bits per heavy atom. The summed E-state index contributed by atoms with van der Waals surface area (Å²) < 4.78 is 7.64. The second-order valence-electron chi connectivity index (χ2n) is 5.41. The number of thioether (sulfide) groups is 1. The Bertz CT molecular complexity index is 960. The lowest BCUT2D eigenvalue weighted by Crippen LogP contribution is -2.22. The Labute approximate surface area is 169 Å². The highest BCUT2D eigenvalue weighted by molar-refractivity contribution is 9.10. The fraction of sp³-hybridized carbons (Fsp3) is 0.105. The van der Waals surface area contributed by atoms with Crippen LogP contribution in [0.5, 0.6) is 0 Å². The number of amides is 1. The summed E-state index contributed by atoms with van der Waals surface area (Å²) in [5.74, 6) is -1.04. The third-order valence-corrected chi connectivity index (χ3v) is 4.96. The third-order valence-electron chi connectivity index (χ3n) is 3.62. The number of nitrogens with one attached hydrogen (secondary N) is 1. The number of rotatable bonds is 6. The SMILES string of the molecule is CSc1ncc(C(=O)OCC(=O)Nc2ccccc2Br)n1-c1ccccc1. The summed E-state index contributed by atoms with van der Waals surface area (Å²) in [6.07, 6.45) is 3.33. The lowest BCUT2D eigenvalue weighted by atomic mass is 10.3. The van der Waals surface area contributed by atoms with Gasteiger partial charge in [0, 0.05) is 10.2 Å². The molecule has 0 aliphatic heterocycles. The molecule has 0 fully saturated rings. The van der Waals surface area contributed by atoms with Gasteiger partial charge in [-0.25, -0.2) is 9.78 Å². The molecule has 1 amide bonds. The van der Waals surface area contributed by atoms with Gasteiger partial charge in [0.05, 0.1) is 11.9 Å². The molecule has 1 N–H and O–H groups in total. The Balaban J connectivity index is 1.71. The van der Waals surface area contributed by atoms with Crippen LogP contribution < -0.4 is 5.32 Å². The van der Waals surface area contributed by atoms with Crippen molar-refractivity contribution in [2.45, 2.75) is 5.16 Å². The first kappa shape index (κ1) is 19.2. The molecule has 6 nitrogen and oxygen atoms in total. The van der Waals surface area contributed by atoms with E-state index in [1.165, 1.54) is 18.0 Å². The highest BCUT2D eigenvalue weighted by Gasteiger charge is 2.20. The Hall–Kier alpha value is -2.58. The number of ether oxygens (including phenoxy) is 1. The van der Waals surface area contributed by atoms with Crippen molar-refractivity contribution in [3.8, 4) is 5.69 Å². The summed E-state index contributed by atoms with van der Waals surface area (Å²) in [5, 5.41) is 3.35. The van der Waals surface area contributed by atoms with Gasteiger partial charge in [-0.15, -0.1) is 0 Å². The van der Waals surface area contributed by atoms with Gasteiger partial charge in [-0.2, -0.15) is 0 Å². The minimum Gasteiger partial charge on any atom is -0.451 e. The van der Waals surface area contributed by atoms with E-state index < -0.39 is 18.5 Å². The first-order valence-electron chi connectivity index (χ1n) is 7.99. The first-order chi connectivity index (χ1) is 13.1. The molecule has 1 heterocycles. The topological polar surface area (TPSA) is 73.2 Å². The number of carbonyl (C=O) groups is 2. The standard InChI is InChI=1S/C19H16BrN3O3S/c1-27-19-21-11-16(23(19)13-7-3-2-4-8-13)18(25)26-12-17(24)22-15-10-6-5-9-14(15)20/h2-11H,12H2,1H3,(H,22,24). The van der Waals surface area contributed by atoms with E-state index in [9.17, 15) is 9.59 Å². The molecule has 0 aliphatic carbocycles. The Kier molecular flexibility index (Phi) is 6.31. The van der Waals surface area contributed by atoms with Crippen molar-refractivity contribution in [2.24, 2.45) is 0 Å². The van der Waals surface area contributed by atoms with Gasteiger partial charge in [0.2, 0.25) is 0 Å². The molecular weight excluding hydrogens is 430 g/mol. The van der Waals surface area contributed by atoms with E-state index in [4.69, 9.17) is 4.74 Å². The highest BCUT2D eigenvalue weighted by atomic mass is 79.9. The number of nitrogens with zero attached hydrogens (tertiary/aromatic N) is 2. The van der Waals surface area contributed by atoms with Crippen LogP contribution in [0.15, 0.2) is 70.4 Å². The van der Waals surface area contributed by atoms with Crippen LogP contribution in [0.25, 0.3) is 5.69 Å². The number of esters is 1. The van der Waals surface area contributed by atoms with Crippen molar-refractivity contribution in [1.29, 1.82) is 0 Å². The Morgan fingerprint density at radius 1 is 1.15 bits per heavy atom. The predicted molar refractivity (Wildman–Crippen MR) is 108 cm³/mol. The van der Waals surface area contributed by atoms with E-state index in [2.05, 4.69) is 26.2 Å². The van der Waals surface area contributed by atoms with Crippen molar-refractivity contribution in [3.05, 3.63) is 71.0 Å². The van der Waals surface area contributed by atoms with E-state index in [1.807, 2.05) is 48.7 Å². The monoisotopic (exact) mass is 445 g/mol. The minimum absolute atomic E-state index is 0.263. The van der Waals surface area contributed by atoms with Gasteiger partial charge < -0.3 is 10.1 Å². The number of aromatic nitrogens is 2. The normalized spacial score (nSPS) is 10.4. The van der Waals surface area contributed by atoms with Gasteiger partial charge in [0.25, 0.3) is 5.91 Å². The van der Waals surface area contributed by atoms with Crippen LogP contribution in [0.3, 0.4) is 0 Å². The van der Waals surface area contributed by atoms with E-state index in [1.54, 1.807) is 16.7 Å². The van der Waals surface area contributed by atoms with Gasteiger partial charge >= 0.3 is 5.97 Å². The van der Waals surface area contributed by atoms with Crippen LogP contribution in [0.1, 0.15) is 10.5 Å². The minimum atomic E-state index is -0.617. The molecule has 3 rings (SSSR count). The molecule has 3 aromatic rings. The molecule has 1 aromatic heterocycles. The Morgan fingerprint density at radius 2 is 1.85 bits per heavy atom. The van der Waals surface area contributed by atoms with Crippen molar-refractivity contribution in [1.82, 2.24) is 9.55 Å². The van der Waals surface area contributed by atoms with Crippen molar-refractivity contribution >= 4 is 45.3 Å². The average molecular weight is 446 g/mol. The number of anilines is 1. The molecule has 0 aliphatic rings. The van der Waals surface area contributed by atoms with E-state index in [0.717, 1.165) is 10.2 Å². The van der Waals surface area contributed by atoms with Crippen molar-refractivity contribution < 1.29 is 14.3 Å². The summed E-state index contributed by atoms with van der Waals surface area (Å²) in [6.45, 7) is -0.394. The van der Waals surface area contributed by atoms with E-state index in [-0.39, 0.29) is 5.69 Å². The third kappa shape index (κ3) is 4.58. The van der Waals surface area contributed by atoms with Gasteiger partial charge in [0.15, 0.2) is 17.5 Å². The van der Waals surface area contributed by atoms with Crippen LogP contribution in [-0.2, 0) is 9.53 Å². The summed E-state index contributed by atoms with van der Waals surface area (Å²) in [5.41, 5.74) is 1.67. The predicted octanol–water partition coefficient (Wildman–Crippen LogP) is 4.15. The van der Waals surface area contributed by atoms with Crippen molar-refractivity contribution in [3.63, 3.8) is 0 Å². The lowest BCUT2D eigenvalue weighted by molar-refractivity contribution is -0.119. The van der Waals surface area contributed by atoms with Gasteiger partial charge in [0.1, 0.15) is 0 Å².